The van der Waals surface area contributed by atoms with E-state index < -0.39 is 11.8 Å². The summed E-state index contributed by atoms with van der Waals surface area (Å²) < 4.78 is 18.2. The van der Waals surface area contributed by atoms with E-state index in [9.17, 15) is 9.18 Å². The molecule has 0 atom stereocenters. The maximum atomic E-state index is 13.4. The minimum atomic E-state index is -0.420. The van der Waals surface area contributed by atoms with Crippen molar-refractivity contribution in [3.05, 3.63) is 29.0 Å². The minimum Gasteiger partial charge on any atom is -0.465 e. The summed E-state index contributed by atoms with van der Waals surface area (Å²) in [5, 5.41) is 0.423. The van der Waals surface area contributed by atoms with Crippen LogP contribution in [0.1, 0.15) is 6.92 Å². The van der Waals surface area contributed by atoms with Crippen LogP contribution in [0.3, 0.4) is 0 Å². The molecule has 0 fully saturated rings. The van der Waals surface area contributed by atoms with Gasteiger partial charge in [0.1, 0.15) is 12.4 Å². The van der Waals surface area contributed by atoms with Gasteiger partial charge in [0.15, 0.2) is 0 Å². The predicted octanol–water partition coefficient (Wildman–Crippen LogP) is 2.48. The van der Waals surface area contributed by atoms with Crippen LogP contribution < -0.4 is 4.90 Å². The Bertz CT molecular complexity index is 384. The molecular weight excluding hydrogens is 233 g/mol. The van der Waals surface area contributed by atoms with Crippen LogP contribution in [0.25, 0.3) is 0 Å². The molecule has 1 aromatic rings. The number of anilines is 1. The number of carbonyl (C=O) groups is 1. The highest BCUT2D eigenvalue weighted by atomic mass is 35.5. The maximum absolute atomic E-state index is 13.4. The van der Waals surface area contributed by atoms with E-state index in [1.807, 2.05) is 0 Å². The van der Waals surface area contributed by atoms with Gasteiger partial charge in [-0.2, -0.15) is 0 Å². The third kappa shape index (κ3) is 3.38. The normalized spacial score (nSPS) is 10.0. The van der Waals surface area contributed by atoms with Crippen LogP contribution in [0.2, 0.25) is 5.02 Å². The van der Waals surface area contributed by atoms with Crippen LogP contribution in [0, 0.1) is 5.82 Å². The highest BCUT2D eigenvalue weighted by molar-refractivity contribution is 6.30. The summed E-state index contributed by atoms with van der Waals surface area (Å²) in [7, 11) is 1.60. The molecule has 0 unspecified atom stereocenters. The average Bonchev–Trinajstić information content (AvgIpc) is 2.21. The number of hydrogen-bond donors (Lipinski definition) is 0. The Morgan fingerprint density at radius 2 is 2.25 bits per heavy atom. The first-order valence-corrected chi connectivity index (χ1v) is 5.24. The van der Waals surface area contributed by atoms with Gasteiger partial charge in [0.2, 0.25) is 0 Å². The number of ether oxygens (including phenoxy) is 1. The fraction of sp³-hybridized carbons (Fsp3) is 0.364. The van der Waals surface area contributed by atoms with E-state index in [1.165, 1.54) is 23.1 Å². The first-order valence-electron chi connectivity index (χ1n) is 4.86. The molecule has 0 heterocycles. The van der Waals surface area contributed by atoms with Gasteiger partial charge in [-0.15, -0.1) is 0 Å². The van der Waals surface area contributed by atoms with Crippen molar-refractivity contribution in [2.45, 2.75) is 6.92 Å². The van der Waals surface area contributed by atoms with Crippen LogP contribution in [-0.2, 0) is 9.53 Å². The second kappa shape index (κ2) is 5.70. The van der Waals surface area contributed by atoms with Crippen LogP contribution in [-0.4, -0.2) is 26.2 Å². The van der Waals surface area contributed by atoms with Gasteiger partial charge in [0.25, 0.3) is 0 Å². The molecule has 0 spiro atoms. The Morgan fingerprint density at radius 1 is 1.56 bits per heavy atom. The molecule has 16 heavy (non-hydrogen) atoms. The first kappa shape index (κ1) is 12.8. The summed E-state index contributed by atoms with van der Waals surface area (Å²) in [4.78, 5) is 12.7. The lowest BCUT2D eigenvalue weighted by atomic mass is 10.3. The summed E-state index contributed by atoms with van der Waals surface area (Å²) in [6.45, 7) is 2.02. The van der Waals surface area contributed by atoms with Gasteiger partial charge in [0, 0.05) is 12.1 Å². The van der Waals surface area contributed by atoms with Crippen molar-refractivity contribution in [2.24, 2.45) is 0 Å². The van der Waals surface area contributed by atoms with E-state index in [2.05, 4.69) is 0 Å². The molecule has 0 bridgehead atoms. The zero-order chi connectivity index (χ0) is 12.1. The number of hydrogen-bond acceptors (Lipinski definition) is 3. The van der Waals surface area contributed by atoms with Crippen molar-refractivity contribution in [3.8, 4) is 0 Å². The highest BCUT2D eigenvalue weighted by Gasteiger charge is 2.12. The monoisotopic (exact) mass is 245 g/mol. The summed E-state index contributed by atoms with van der Waals surface area (Å²) in [5.74, 6) is -0.819. The lowest BCUT2D eigenvalue weighted by Crippen LogP contribution is -2.27. The number of benzene rings is 1. The second-order valence-electron chi connectivity index (χ2n) is 3.26. The van der Waals surface area contributed by atoms with Crippen molar-refractivity contribution < 1.29 is 13.9 Å². The zero-order valence-corrected chi connectivity index (χ0v) is 9.92. The lowest BCUT2D eigenvalue weighted by Gasteiger charge is -2.18. The molecule has 0 aliphatic heterocycles. The molecule has 5 heteroatoms. The van der Waals surface area contributed by atoms with Crippen LogP contribution >= 0.6 is 11.6 Å². The SMILES string of the molecule is CCOC(=O)CN(C)c1cc(Cl)ccc1F. The van der Waals surface area contributed by atoms with Crippen molar-refractivity contribution in [1.82, 2.24) is 0 Å². The third-order valence-electron chi connectivity index (χ3n) is 1.99. The van der Waals surface area contributed by atoms with Crippen molar-refractivity contribution >= 4 is 23.3 Å². The number of rotatable bonds is 4. The van der Waals surface area contributed by atoms with Gasteiger partial charge in [-0.25, -0.2) is 4.39 Å². The molecule has 0 aliphatic carbocycles. The van der Waals surface area contributed by atoms with Gasteiger partial charge < -0.3 is 9.64 Å². The quantitative estimate of drug-likeness (QED) is 0.764. The van der Waals surface area contributed by atoms with Crippen molar-refractivity contribution in [1.29, 1.82) is 0 Å². The standard InChI is InChI=1S/C11H13ClFNO2/c1-3-16-11(15)7-14(2)10-6-8(12)4-5-9(10)13/h4-6H,3,7H2,1-2H3. The van der Waals surface area contributed by atoms with Crippen LogP contribution in [0.5, 0.6) is 0 Å². The Balaban J connectivity index is 2.76. The smallest absolute Gasteiger partial charge is 0.325 e. The van der Waals surface area contributed by atoms with Crippen LogP contribution in [0.15, 0.2) is 18.2 Å². The molecule has 0 saturated heterocycles. The molecule has 0 radical (unpaired) electrons. The van der Waals surface area contributed by atoms with Gasteiger partial charge in [-0.1, -0.05) is 11.6 Å². The van der Waals surface area contributed by atoms with Crippen LogP contribution in [0.4, 0.5) is 10.1 Å². The van der Waals surface area contributed by atoms with E-state index in [0.29, 0.717) is 11.6 Å². The van der Waals surface area contributed by atoms with Crippen molar-refractivity contribution in [2.75, 3.05) is 25.1 Å². The Labute approximate surface area is 98.8 Å². The molecular formula is C11H13ClFNO2. The average molecular weight is 246 g/mol. The van der Waals surface area contributed by atoms with E-state index in [1.54, 1.807) is 14.0 Å². The molecule has 88 valence electrons. The Morgan fingerprint density at radius 3 is 2.88 bits per heavy atom. The van der Waals surface area contributed by atoms with E-state index in [0.717, 1.165) is 0 Å². The molecule has 0 amide bonds. The highest BCUT2D eigenvalue weighted by Crippen LogP contribution is 2.22. The lowest BCUT2D eigenvalue weighted by molar-refractivity contribution is -0.141. The molecule has 3 nitrogen and oxygen atoms in total. The predicted molar refractivity (Wildman–Crippen MR) is 61.3 cm³/mol. The number of carbonyl (C=O) groups excluding carboxylic acids is 1. The Kier molecular flexibility index (Phi) is 4.55. The molecule has 0 N–H and O–H groups in total. The topological polar surface area (TPSA) is 29.5 Å². The molecule has 1 aromatic carbocycles. The van der Waals surface area contributed by atoms with Gasteiger partial charge in [-0.05, 0) is 25.1 Å². The van der Waals surface area contributed by atoms with E-state index in [4.69, 9.17) is 16.3 Å². The summed E-state index contributed by atoms with van der Waals surface area (Å²) >= 11 is 5.75. The second-order valence-corrected chi connectivity index (χ2v) is 3.69. The number of esters is 1. The molecule has 0 aliphatic rings. The van der Waals surface area contributed by atoms with Gasteiger partial charge in [0.05, 0.1) is 12.3 Å². The van der Waals surface area contributed by atoms with Crippen molar-refractivity contribution in [3.63, 3.8) is 0 Å². The number of likely N-dealkylation sites (N-methyl/N-ethyl adjacent to an activating group) is 1. The fourth-order valence-electron chi connectivity index (χ4n) is 1.26. The maximum Gasteiger partial charge on any atom is 0.325 e. The van der Waals surface area contributed by atoms with Gasteiger partial charge in [-0.3, -0.25) is 4.79 Å². The van der Waals surface area contributed by atoms with E-state index in [-0.39, 0.29) is 12.2 Å². The first-order chi connectivity index (χ1) is 7.54. The number of halogens is 2. The number of nitrogens with zero attached hydrogens (tertiary/aromatic N) is 1. The largest absolute Gasteiger partial charge is 0.465 e. The molecule has 0 aromatic heterocycles. The summed E-state index contributed by atoms with van der Waals surface area (Å²) in [6, 6.07) is 4.19. The Hall–Kier alpha value is -1.29. The zero-order valence-electron chi connectivity index (χ0n) is 9.17. The molecule has 1 rings (SSSR count). The fourth-order valence-corrected chi connectivity index (χ4v) is 1.43. The summed E-state index contributed by atoms with van der Waals surface area (Å²) in [6.07, 6.45) is 0. The molecule has 0 saturated carbocycles. The summed E-state index contributed by atoms with van der Waals surface area (Å²) in [5.41, 5.74) is 0.278. The van der Waals surface area contributed by atoms with Gasteiger partial charge >= 0.3 is 5.97 Å². The van der Waals surface area contributed by atoms with E-state index >= 15 is 0 Å². The third-order valence-corrected chi connectivity index (χ3v) is 2.23. The minimum absolute atomic E-state index is 0.00883.